The number of ether oxygens (including phenoxy) is 1. The van der Waals surface area contributed by atoms with Gasteiger partial charge in [-0.1, -0.05) is 203 Å². The van der Waals surface area contributed by atoms with Gasteiger partial charge in [0.15, 0.2) is 0 Å². The standard InChI is InChI=1S/C59H107N2O7P/c1-7-10-13-16-19-22-25-26-27-28-29-30-31-32-33-34-37-39-42-45-48-51-58(62)60-56(55-67-69(64,65)66-54-53-61(4,5)6)57(50-47-44-41-38-35-23-20-17-14-11-8-2)68-59(63)52-49-46-43-40-36-24-21-18-15-12-9-3/h18-19,21-22,26-27,29-30,32-33,47,50,56-57H,7-17,20,23-25,28,31,34-46,48-49,51-55H2,1-6H3,(H-,60,62,64,65)/p+1/b21-18-,22-19-,27-26-,30-29-,33-32-,50-47-. The van der Waals surface area contributed by atoms with Crippen molar-refractivity contribution in [1.29, 1.82) is 0 Å². The Kier molecular flexibility index (Phi) is 47.2. The van der Waals surface area contributed by atoms with Crippen molar-refractivity contribution in [3.05, 3.63) is 72.9 Å². The number of phosphoric ester groups is 1. The smallest absolute Gasteiger partial charge is 0.456 e. The van der Waals surface area contributed by atoms with Crippen molar-refractivity contribution >= 4 is 19.7 Å². The van der Waals surface area contributed by atoms with Crippen molar-refractivity contribution in [3.8, 4) is 0 Å². The fourth-order valence-corrected chi connectivity index (χ4v) is 8.40. The summed E-state index contributed by atoms with van der Waals surface area (Å²) in [5.74, 6) is -0.541. The van der Waals surface area contributed by atoms with Crippen molar-refractivity contribution in [1.82, 2.24) is 5.32 Å². The van der Waals surface area contributed by atoms with E-state index in [9.17, 15) is 19.0 Å². The predicted molar refractivity (Wildman–Crippen MR) is 295 cm³/mol. The molecule has 400 valence electrons. The number of likely N-dealkylation sites (N-methyl/N-ethyl adjacent to an activating group) is 1. The highest BCUT2D eigenvalue weighted by Gasteiger charge is 2.30. The fraction of sp³-hybridized carbons (Fsp3) is 0.763. The molecule has 0 heterocycles. The second kappa shape index (κ2) is 49.0. The minimum atomic E-state index is -4.45. The van der Waals surface area contributed by atoms with Gasteiger partial charge in [0.1, 0.15) is 19.3 Å². The normalized spacial score (nSPS) is 14.4. The number of hydrogen-bond acceptors (Lipinski definition) is 6. The van der Waals surface area contributed by atoms with Crippen LogP contribution in [-0.2, 0) is 27.9 Å². The minimum absolute atomic E-state index is 0.0323. The number of phosphoric acid groups is 1. The molecule has 0 aromatic heterocycles. The lowest BCUT2D eigenvalue weighted by Crippen LogP contribution is -2.47. The third kappa shape index (κ3) is 50.2. The maximum absolute atomic E-state index is 13.5. The SMILES string of the molecule is CCCC/C=C\CCCCCCCC(=O)OC(/C=C\CCCCCCCCCCC)C(COP(=O)(O)OCC[N+](C)(C)C)NC(=O)CCCCCCC/C=C\C/C=C\C/C=C\C/C=C\CCCCC. The molecule has 0 rings (SSSR count). The molecule has 1 amide bonds. The summed E-state index contributed by atoms with van der Waals surface area (Å²) in [4.78, 5) is 37.5. The monoisotopic (exact) mass is 988 g/mol. The van der Waals surface area contributed by atoms with Crippen LogP contribution in [0, 0.1) is 0 Å². The summed E-state index contributed by atoms with van der Waals surface area (Å²) >= 11 is 0. The van der Waals surface area contributed by atoms with Gasteiger partial charge >= 0.3 is 13.8 Å². The van der Waals surface area contributed by atoms with Gasteiger partial charge in [-0.15, -0.1) is 0 Å². The van der Waals surface area contributed by atoms with E-state index in [1.54, 1.807) is 0 Å². The number of allylic oxidation sites excluding steroid dienone is 11. The molecule has 0 saturated heterocycles. The zero-order valence-corrected chi connectivity index (χ0v) is 46.4. The highest BCUT2D eigenvalue weighted by atomic mass is 31.2. The fourth-order valence-electron chi connectivity index (χ4n) is 7.67. The molecule has 0 bridgehead atoms. The van der Waals surface area contributed by atoms with Crippen molar-refractivity contribution in [2.45, 2.75) is 251 Å². The molecule has 9 nitrogen and oxygen atoms in total. The molecule has 3 unspecified atom stereocenters. The Labute approximate surface area is 425 Å². The van der Waals surface area contributed by atoms with Crippen molar-refractivity contribution in [2.24, 2.45) is 0 Å². The summed E-state index contributed by atoms with van der Waals surface area (Å²) in [6.07, 6.45) is 61.8. The first-order valence-electron chi connectivity index (χ1n) is 28.3. The molecule has 69 heavy (non-hydrogen) atoms. The highest BCUT2D eigenvalue weighted by molar-refractivity contribution is 7.47. The first-order chi connectivity index (χ1) is 33.4. The molecule has 0 fully saturated rings. The van der Waals surface area contributed by atoms with Gasteiger partial charge in [-0.2, -0.15) is 0 Å². The van der Waals surface area contributed by atoms with Crippen LogP contribution in [0.15, 0.2) is 72.9 Å². The quantitative estimate of drug-likeness (QED) is 0.0205. The average Bonchev–Trinajstić information content (AvgIpc) is 3.31. The summed E-state index contributed by atoms with van der Waals surface area (Å²) in [5.41, 5.74) is 0. The van der Waals surface area contributed by atoms with Gasteiger partial charge < -0.3 is 19.4 Å². The number of esters is 1. The first kappa shape index (κ1) is 66.5. The second-order valence-electron chi connectivity index (χ2n) is 20.1. The van der Waals surface area contributed by atoms with Gasteiger partial charge in [-0.05, 0) is 96.0 Å². The average molecular weight is 988 g/mol. The van der Waals surface area contributed by atoms with E-state index in [1.807, 2.05) is 33.3 Å². The second-order valence-corrected chi connectivity index (χ2v) is 21.6. The van der Waals surface area contributed by atoms with Crippen molar-refractivity contribution in [2.75, 3.05) is 40.9 Å². The molecule has 0 radical (unpaired) electrons. The molecular formula is C59H108N2O7P+. The van der Waals surface area contributed by atoms with Crippen molar-refractivity contribution in [3.63, 3.8) is 0 Å². The minimum Gasteiger partial charge on any atom is -0.456 e. The van der Waals surface area contributed by atoms with E-state index in [-0.39, 0.29) is 31.5 Å². The maximum Gasteiger partial charge on any atom is 0.472 e. The van der Waals surface area contributed by atoms with E-state index >= 15 is 0 Å². The topological polar surface area (TPSA) is 111 Å². The number of carbonyl (C=O) groups is 2. The molecule has 0 aliphatic carbocycles. The number of quaternary nitrogens is 1. The summed E-state index contributed by atoms with van der Waals surface area (Å²) in [6, 6.07) is -0.862. The lowest BCUT2D eigenvalue weighted by molar-refractivity contribution is -0.870. The molecule has 0 saturated carbocycles. The molecule has 3 atom stereocenters. The molecule has 0 aliphatic heterocycles. The van der Waals surface area contributed by atoms with Gasteiger partial charge in [0.05, 0.1) is 33.8 Å². The van der Waals surface area contributed by atoms with Crippen LogP contribution < -0.4 is 5.32 Å². The predicted octanol–water partition coefficient (Wildman–Crippen LogP) is 16.9. The first-order valence-corrected chi connectivity index (χ1v) is 29.8. The number of hydrogen-bond donors (Lipinski definition) is 2. The lowest BCUT2D eigenvalue weighted by atomic mass is 10.1. The number of carbonyl (C=O) groups excluding carboxylic acids is 2. The van der Waals surface area contributed by atoms with E-state index in [2.05, 4.69) is 86.8 Å². The van der Waals surface area contributed by atoms with Gasteiger partial charge in [0, 0.05) is 12.8 Å². The van der Waals surface area contributed by atoms with E-state index in [0.717, 1.165) is 122 Å². The van der Waals surface area contributed by atoms with Gasteiger partial charge in [0.2, 0.25) is 5.91 Å². The van der Waals surface area contributed by atoms with Crippen LogP contribution in [0.5, 0.6) is 0 Å². The van der Waals surface area contributed by atoms with E-state index in [4.69, 9.17) is 13.8 Å². The van der Waals surface area contributed by atoms with E-state index in [1.165, 1.54) is 83.5 Å². The van der Waals surface area contributed by atoms with Crippen LogP contribution in [0.25, 0.3) is 0 Å². The Morgan fingerprint density at radius 2 is 0.899 bits per heavy atom. The molecule has 0 aromatic carbocycles. The number of unbranched alkanes of at least 4 members (excludes halogenated alkanes) is 24. The summed E-state index contributed by atoms with van der Waals surface area (Å²) in [5, 5.41) is 3.03. The zero-order chi connectivity index (χ0) is 50.8. The number of nitrogens with zero attached hydrogens (tertiary/aromatic N) is 1. The molecule has 2 N–H and O–H groups in total. The molecule has 0 aliphatic rings. The van der Waals surface area contributed by atoms with Crippen LogP contribution >= 0.6 is 7.82 Å². The van der Waals surface area contributed by atoms with E-state index in [0.29, 0.717) is 17.4 Å². The highest BCUT2D eigenvalue weighted by Crippen LogP contribution is 2.43. The number of nitrogens with one attached hydrogen (secondary N) is 1. The van der Waals surface area contributed by atoms with Gasteiger partial charge in [-0.25, -0.2) is 4.57 Å². The largest absolute Gasteiger partial charge is 0.472 e. The Hall–Kier alpha value is -2.55. The van der Waals surface area contributed by atoms with Crippen LogP contribution in [-0.4, -0.2) is 74.3 Å². The van der Waals surface area contributed by atoms with E-state index < -0.39 is 20.0 Å². The maximum atomic E-state index is 13.5. The third-order valence-electron chi connectivity index (χ3n) is 12.1. The summed E-state index contributed by atoms with van der Waals surface area (Å²) < 4.78 is 30.5. The molecule has 0 spiro atoms. The van der Waals surface area contributed by atoms with Crippen LogP contribution in [0.2, 0.25) is 0 Å². The third-order valence-corrected chi connectivity index (χ3v) is 13.1. The van der Waals surface area contributed by atoms with Crippen LogP contribution in [0.3, 0.4) is 0 Å². The number of amides is 1. The molecular weight excluding hydrogens is 880 g/mol. The summed E-state index contributed by atoms with van der Waals surface area (Å²) in [6.45, 7) is 6.90. The Morgan fingerprint density at radius 1 is 0.507 bits per heavy atom. The van der Waals surface area contributed by atoms with Crippen LogP contribution in [0.4, 0.5) is 0 Å². The Balaban J connectivity index is 5.30. The molecule has 10 heteroatoms. The number of rotatable bonds is 50. The summed E-state index contributed by atoms with van der Waals surface area (Å²) in [7, 11) is 1.47. The molecule has 0 aromatic rings. The van der Waals surface area contributed by atoms with Gasteiger partial charge in [0.25, 0.3) is 0 Å². The zero-order valence-electron chi connectivity index (χ0n) is 45.5. The Morgan fingerprint density at radius 3 is 1.41 bits per heavy atom. The lowest BCUT2D eigenvalue weighted by Gasteiger charge is -2.27. The van der Waals surface area contributed by atoms with Crippen molar-refractivity contribution < 1.29 is 37.3 Å². The van der Waals surface area contributed by atoms with Crippen LogP contribution in [0.1, 0.15) is 239 Å². The Bertz CT molecular complexity index is 1420. The van der Waals surface area contributed by atoms with Gasteiger partial charge in [-0.3, -0.25) is 18.6 Å².